The molecule has 0 aliphatic heterocycles. The van der Waals surface area contributed by atoms with E-state index in [0.29, 0.717) is 0 Å². The molecule has 1 nitrogen and oxygen atoms in total. The molecule has 4 aromatic carbocycles. The van der Waals surface area contributed by atoms with E-state index in [4.69, 9.17) is 5.73 Å². The van der Waals surface area contributed by atoms with Gasteiger partial charge in [-0.05, 0) is 101 Å². The van der Waals surface area contributed by atoms with Crippen LogP contribution in [0.4, 0.5) is 0 Å². The second-order valence-corrected chi connectivity index (χ2v) is 10.5. The Hall–Kier alpha value is -3.60. The Bertz CT molecular complexity index is 1570. The highest BCUT2D eigenvalue weighted by molar-refractivity contribution is 5.86. The molecule has 0 saturated carbocycles. The van der Waals surface area contributed by atoms with Crippen molar-refractivity contribution in [3.05, 3.63) is 106 Å². The van der Waals surface area contributed by atoms with Crippen molar-refractivity contribution in [3.8, 4) is 45.2 Å². The summed E-state index contributed by atoms with van der Waals surface area (Å²) in [6.45, 7) is 10.8. The number of hydrogen-bond donors (Lipinski definition) is 1. The molecule has 0 heterocycles. The van der Waals surface area contributed by atoms with Crippen LogP contribution in [0.1, 0.15) is 61.1 Å². The van der Waals surface area contributed by atoms with Crippen molar-refractivity contribution in [1.82, 2.24) is 0 Å². The van der Waals surface area contributed by atoms with E-state index in [1.165, 1.54) is 55.6 Å². The van der Waals surface area contributed by atoms with Crippen LogP contribution < -0.4 is 5.73 Å². The van der Waals surface area contributed by atoms with Crippen LogP contribution in [0.15, 0.2) is 72.8 Å². The van der Waals surface area contributed by atoms with Gasteiger partial charge in [-0.2, -0.15) is 0 Å². The molecular formula is C33H29N. The SMILES string of the molecule is CC#Cc1ccc2c(c1)C(C)(N)c1cc(-c3ccc4c(c3)C(C)(C)c3cc(C)ccc3-4)ccc1-2. The summed E-state index contributed by atoms with van der Waals surface area (Å²) in [4.78, 5) is 0. The summed E-state index contributed by atoms with van der Waals surface area (Å²) in [6.07, 6.45) is 0. The highest BCUT2D eigenvalue weighted by Gasteiger charge is 2.37. The number of aryl methyl sites for hydroxylation is 1. The minimum absolute atomic E-state index is 0.0151. The monoisotopic (exact) mass is 439 g/mol. The molecule has 166 valence electrons. The fourth-order valence-corrected chi connectivity index (χ4v) is 6.00. The van der Waals surface area contributed by atoms with Crippen molar-refractivity contribution in [2.45, 2.75) is 45.6 Å². The summed E-state index contributed by atoms with van der Waals surface area (Å²) in [7, 11) is 0. The van der Waals surface area contributed by atoms with Crippen LogP contribution in [0.3, 0.4) is 0 Å². The van der Waals surface area contributed by atoms with Gasteiger partial charge in [0, 0.05) is 11.0 Å². The van der Waals surface area contributed by atoms with E-state index in [0.717, 1.165) is 11.1 Å². The molecule has 1 atom stereocenters. The lowest BCUT2D eigenvalue weighted by molar-refractivity contribution is 0.621. The van der Waals surface area contributed by atoms with Gasteiger partial charge in [-0.3, -0.25) is 0 Å². The van der Waals surface area contributed by atoms with Gasteiger partial charge in [0.2, 0.25) is 0 Å². The predicted octanol–water partition coefficient (Wildman–Crippen LogP) is 7.54. The van der Waals surface area contributed by atoms with Gasteiger partial charge in [0.15, 0.2) is 0 Å². The van der Waals surface area contributed by atoms with Crippen LogP contribution in [0.25, 0.3) is 33.4 Å². The molecule has 0 radical (unpaired) electrons. The zero-order chi connectivity index (χ0) is 23.8. The Morgan fingerprint density at radius 1 is 0.618 bits per heavy atom. The third-order valence-corrected chi connectivity index (χ3v) is 7.88. The van der Waals surface area contributed by atoms with E-state index in [9.17, 15) is 0 Å². The molecule has 2 aliphatic rings. The highest BCUT2D eigenvalue weighted by atomic mass is 14.7. The van der Waals surface area contributed by atoms with Crippen LogP contribution in [0, 0.1) is 18.8 Å². The molecule has 2 N–H and O–H groups in total. The van der Waals surface area contributed by atoms with E-state index in [1.807, 2.05) is 6.92 Å². The summed E-state index contributed by atoms with van der Waals surface area (Å²) >= 11 is 0. The zero-order valence-electron chi connectivity index (χ0n) is 20.5. The molecule has 0 fully saturated rings. The largest absolute Gasteiger partial charge is 0.318 e. The third kappa shape index (κ3) is 2.79. The molecule has 0 bridgehead atoms. The molecule has 0 saturated heterocycles. The van der Waals surface area contributed by atoms with E-state index in [1.54, 1.807) is 0 Å². The van der Waals surface area contributed by atoms with Crippen molar-refractivity contribution in [2.75, 3.05) is 0 Å². The number of hydrogen-bond acceptors (Lipinski definition) is 1. The minimum atomic E-state index is -0.546. The van der Waals surface area contributed by atoms with Gasteiger partial charge < -0.3 is 5.73 Å². The van der Waals surface area contributed by atoms with Crippen LogP contribution >= 0.6 is 0 Å². The second kappa shape index (κ2) is 6.95. The van der Waals surface area contributed by atoms with Crippen molar-refractivity contribution in [1.29, 1.82) is 0 Å². The Kier molecular flexibility index (Phi) is 4.29. The van der Waals surface area contributed by atoms with Crippen molar-refractivity contribution >= 4 is 0 Å². The van der Waals surface area contributed by atoms with E-state index in [2.05, 4.69) is 112 Å². The topological polar surface area (TPSA) is 26.0 Å². The van der Waals surface area contributed by atoms with Crippen LogP contribution in [0.5, 0.6) is 0 Å². The lowest BCUT2D eigenvalue weighted by atomic mass is 9.81. The first-order valence-corrected chi connectivity index (χ1v) is 12.0. The predicted molar refractivity (Wildman–Crippen MR) is 143 cm³/mol. The summed E-state index contributed by atoms with van der Waals surface area (Å²) in [5, 5.41) is 0. The summed E-state index contributed by atoms with van der Waals surface area (Å²) in [6, 6.07) is 27.0. The summed E-state index contributed by atoms with van der Waals surface area (Å²) in [5.74, 6) is 6.18. The molecule has 0 amide bonds. The Morgan fingerprint density at radius 2 is 1.12 bits per heavy atom. The maximum absolute atomic E-state index is 6.97. The Balaban J connectivity index is 1.47. The second-order valence-electron chi connectivity index (χ2n) is 10.5. The van der Waals surface area contributed by atoms with Crippen molar-refractivity contribution < 1.29 is 0 Å². The molecule has 2 aliphatic carbocycles. The molecule has 1 heteroatoms. The molecule has 0 aromatic heterocycles. The highest BCUT2D eigenvalue weighted by Crippen LogP contribution is 2.51. The summed E-state index contributed by atoms with van der Waals surface area (Å²) in [5.41, 5.74) is 21.5. The fourth-order valence-electron chi connectivity index (χ4n) is 6.00. The van der Waals surface area contributed by atoms with Gasteiger partial charge in [0.05, 0.1) is 5.54 Å². The first-order valence-electron chi connectivity index (χ1n) is 12.0. The maximum atomic E-state index is 6.97. The normalized spacial score (nSPS) is 18.4. The van der Waals surface area contributed by atoms with Gasteiger partial charge in [0.25, 0.3) is 0 Å². The van der Waals surface area contributed by atoms with Crippen molar-refractivity contribution in [3.63, 3.8) is 0 Å². The van der Waals surface area contributed by atoms with Crippen LogP contribution in [0.2, 0.25) is 0 Å². The van der Waals surface area contributed by atoms with Gasteiger partial charge in [-0.1, -0.05) is 73.9 Å². The minimum Gasteiger partial charge on any atom is -0.318 e. The van der Waals surface area contributed by atoms with Gasteiger partial charge >= 0.3 is 0 Å². The molecule has 34 heavy (non-hydrogen) atoms. The molecule has 4 aromatic rings. The van der Waals surface area contributed by atoms with E-state index >= 15 is 0 Å². The first kappa shape index (κ1) is 21.0. The standard InChI is InChI=1S/C33H29N/c1-6-7-21-9-13-26-27-15-11-23(19-31(27)33(5,34)30(26)17-21)22-10-14-25-24-12-8-20(2)16-28(24)32(3,4)29(25)18-22/h8-19H,34H2,1-5H3. The number of nitrogens with two attached hydrogens (primary N) is 1. The average Bonchev–Trinajstić information content (AvgIpc) is 3.18. The third-order valence-electron chi connectivity index (χ3n) is 7.88. The average molecular weight is 440 g/mol. The van der Waals surface area contributed by atoms with Crippen LogP contribution in [-0.4, -0.2) is 0 Å². The maximum Gasteiger partial charge on any atom is 0.0649 e. The lowest BCUT2D eigenvalue weighted by Crippen LogP contribution is -2.31. The quantitative estimate of drug-likeness (QED) is 0.305. The first-order chi connectivity index (χ1) is 16.2. The zero-order valence-corrected chi connectivity index (χ0v) is 20.5. The summed E-state index contributed by atoms with van der Waals surface area (Å²) < 4.78 is 0. The molecule has 6 rings (SSSR count). The van der Waals surface area contributed by atoms with Crippen LogP contribution in [-0.2, 0) is 11.0 Å². The Labute approximate surface area is 202 Å². The molecular weight excluding hydrogens is 410 g/mol. The smallest absolute Gasteiger partial charge is 0.0649 e. The van der Waals surface area contributed by atoms with Gasteiger partial charge in [0.1, 0.15) is 0 Å². The number of rotatable bonds is 1. The lowest BCUT2D eigenvalue weighted by Gasteiger charge is -2.23. The van der Waals surface area contributed by atoms with E-state index in [-0.39, 0.29) is 5.41 Å². The Morgan fingerprint density at radius 3 is 1.76 bits per heavy atom. The number of fused-ring (bicyclic) bond motifs is 6. The fraction of sp³-hybridized carbons (Fsp3) is 0.212. The molecule has 0 spiro atoms. The van der Waals surface area contributed by atoms with Gasteiger partial charge in [-0.25, -0.2) is 0 Å². The van der Waals surface area contributed by atoms with Crippen molar-refractivity contribution in [2.24, 2.45) is 5.73 Å². The molecule has 1 unspecified atom stereocenters. The van der Waals surface area contributed by atoms with Gasteiger partial charge in [-0.15, -0.1) is 5.92 Å². The number of benzene rings is 4. The van der Waals surface area contributed by atoms with E-state index < -0.39 is 5.54 Å².